The van der Waals surface area contributed by atoms with Gasteiger partial charge in [0, 0.05) is 7.11 Å². The summed E-state index contributed by atoms with van der Waals surface area (Å²) in [7, 11) is 1.55. The summed E-state index contributed by atoms with van der Waals surface area (Å²) >= 11 is 0. The fourth-order valence-corrected chi connectivity index (χ4v) is 2.70. The average molecular weight is 208 g/mol. The van der Waals surface area contributed by atoms with Crippen LogP contribution < -0.4 is 5.32 Å². The molecule has 0 spiro atoms. The first-order chi connectivity index (χ1) is 5.59. The maximum atomic E-state index is 9.50. The number of rotatable bonds is 2. The number of piperidine rings is 1. The smallest absolute Gasteiger partial charge is 0.169 e. The normalized spacial score (nSPS) is 42.0. The number of hydrogen-bond acceptors (Lipinski definition) is 3. The molecule has 78 valence electrons. The number of aliphatic hydroxyl groups excluding tert-OH is 1. The Morgan fingerprint density at radius 3 is 2.54 bits per heavy atom. The van der Waals surface area contributed by atoms with Crippen molar-refractivity contribution in [3.05, 3.63) is 0 Å². The highest BCUT2D eigenvalue weighted by Crippen LogP contribution is 2.62. The van der Waals surface area contributed by atoms with Gasteiger partial charge in [0.2, 0.25) is 0 Å². The minimum absolute atomic E-state index is 0. The molecule has 4 unspecified atom stereocenters. The highest BCUT2D eigenvalue weighted by molar-refractivity contribution is 5.85. The van der Waals surface area contributed by atoms with E-state index >= 15 is 0 Å². The average Bonchev–Trinajstić information content (AvgIpc) is 2.52. The second-order valence-electron chi connectivity index (χ2n) is 4.51. The lowest BCUT2D eigenvalue weighted by atomic mass is 10.0. The van der Waals surface area contributed by atoms with Crippen molar-refractivity contribution < 1.29 is 9.84 Å². The van der Waals surface area contributed by atoms with Crippen LogP contribution in [0.2, 0.25) is 0 Å². The molecule has 1 aliphatic heterocycles. The van der Waals surface area contributed by atoms with E-state index in [2.05, 4.69) is 19.2 Å². The molecule has 0 aromatic heterocycles. The monoisotopic (exact) mass is 207 g/mol. The zero-order chi connectivity index (χ0) is 8.93. The van der Waals surface area contributed by atoms with Crippen molar-refractivity contribution in [3.8, 4) is 0 Å². The van der Waals surface area contributed by atoms with Gasteiger partial charge in [0.05, 0.1) is 6.04 Å². The number of hydrogen-bond donors (Lipinski definition) is 2. The maximum Gasteiger partial charge on any atom is 0.169 e. The number of methoxy groups -OCH3 is 1. The van der Waals surface area contributed by atoms with Crippen LogP contribution in [0, 0.1) is 17.3 Å². The van der Waals surface area contributed by atoms with E-state index in [1.54, 1.807) is 7.11 Å². The van der Waals surface area contributed by atoms with Crippen LogP contribution in [-0.4, -0.2) is 31.1 Å². The van der Waals surface area contributed by atoms with E-state index < -0.39 is 6.29 Å². The third-order valence-electron chi connectivity index (χ3n) is 3.65. The molecule has 1 saturated heterocycles. The van der Waals surface area contributed by atoms with E-state index in [0.717, 1.165) is 12.5 Å². The summed E-state index contributed by atoms with van der Waals surface area (Å²) in [5.74, 6) is 1.35. The molecule has 0 aromatic rings. The predicted octanol–water partition coefficient (Wildman–Crippen LogP) is 0.617. The number of aliphatic hydroxyl groups is 1. The van der Waals surface area contributed by atoms with Gasteiger partial charge in [0.15, 0.2) is 6.29 Å². The number of halogens is 1. The van der Waals surface area contributed by atoms with E-state index in [4.69, 9.17) is 4.74 Å². The highest BCUT2D eigenvalue weighted by Gasteiger charge is 2.65. The lowest BCUT2D eigenvalue weighted by Gasteiger charge is -2.22. The summed E-state index contributed by atoms with van der Waals surface area (Å²) in [6.45, 7) is 5.56. The van der Waals surface area contributed by atoms with Crippen LogP contribution in [0.25, 0.3) is 0 Å². The Kier molecular flexibility index (Phi) is 2.93. The fourth-order valence-electron chi connectivity index (χ4n) is 2.70. The van der Waals surface area contributed by atoms with E-state index in [0.29, 0.717) is 11.3 Å². The van der Waals surface area contributed by atoms with Crippen molar-refractivity contribution in [1.29, 1.82) is 0 Å². The number of nitrogens with one attached hydrogen (secondary N) is 1. The Morgan fingerprint density at radius 2 is 2.15 bits per heavy atom. The van der Waals surface area contributed by atoms with Gasteiger partial charge in [-0.3, -0.25) is 0 Å². The third kappa shape index (κ3) is 1.48. The minimum Gasteiger partial charge on any atom is -0.367 e. The van der Waals surface area contributed by atoms with Gasteiger partial charge < -0.3 is 15.2 Å². The second kappa shape index (κ2) is 3.39. The quantitative estimate of drug-likeness (QED) is 0.653. The molecule has 4 heteroatoms. The van der Waals surface area contributed by atoms with E-state index in [1.807, 2.05) is 0 Å². The molecule has 0 bridgehead atoms. The van der Waals surface area contributed by atoms with Crippen LogP contribution in [0.1, 0.15) is 13.8 Å². The molecule has 1 heterocycles. The molecule has 4 atom stereocenters. The summed E-state index contributed by atoms with van der Waals surface area (Å²) in [6.07, 6.45) is -0.637. The van der Waals surface area contributed by atoms with Crippen LogP contribution in [0.4, 0.5) is 0 Å². The Labute approximate surface area is 85.3 Å². The molecular weight excluding hydrogens is 190 g/mol. The second-order valence-corrected chi connectivity index (χ2v) is 4.51. The van der Waals surface area contributed by atoms with Crippen molar-refractivity contribution in [3.63, 3.8) is 0 Å². The van der Waals surface area contributed by atoms with Gasteiger partial charge in [-0.1, -0.05) is 13.8 Å². The molecule has 13 heavy (non-hydrogen) atoms. The largest absolute Gasteiger partial charge is 0.367 e. The Morgan fingerprint density at radius 1 is 1.54 bits per heavy atom. The Balaban J connectivity index is 0.000000845. The Bertz CT molecular complexity index is 198. The third-order valence-corrected chi connectivity index (χ3v) is 3.65. The van der Waals surface area contributed by atoms with Crippen LogP contribution in [0.3, 0.4) is 0 Å². The van der Waals surface area contributed by atoms with E-state index in [9.17, 15) is 5.11 Å². The van der Waals surface area contributed by atoms with Crippen molar-refractivity contribution in [2.24, 2.45) is 17.3 Å². The minimum atomic E-state index is -0.637. The molecule has 2 N–H and O–H groups in total. The SMILES string of the molecule is COC(O)C1NCC2C1C2(C)C.Cl. The first-order valence-electron chi connectivity index (χ1n) is 4.53. The first kappa shape index (κ1) is 11.2. The lowest BCUT2D eigenvalue weighted by Crippen LogP contribution is -2.41. The molecule has 3 nitrogen and oxygen atoms in total. The van der Waals surface area contributed by atoms with Crippen molar-refractivity contribution >= 4 is 12.4 Å². The lowest BCUT2D eigenvalue weighted by molar-refractivity contribution is -0.100. The zero-order valence-electron chi connectivity index (χ0n) is 8.28. The number of fused-ring (bicyclic) bond motifs is 1. The molecular formula is C9H18ClNO2. The summed E-state index contributed by atoms with van der Waals surface area (Å²) in [5, 5.41) is 12.8. The molecule has 1 aliphatic carbocycles. The molecule has 0 radical (unpaired) electrons. The molecule has 0 aromatic carbocycles. The van der Waals surface area contributed by atoms with Crippen LogP contribution in [0.15, 0.2) is 0 Å². The molecule has 1 saturated carbocycles. The molecule has 2 aliphatic rings. The Hall–Kier alpha value is 0.170. The van der Waals surface area contributed by atoms with Crippen LogP contribution >= 0.6 is 12.4 Å². The van der Waals surface area contributed by atoms with Crippen LogP contribution in [0.5, 0.6) is 0 Å². The number of ether oxygens (including phenoxy) is 1. The summed E-state index contributed by atoms with van der Waals surface area (Å²) < 4.78 is 4.92. The van der Waals surface area contributed by atoms with Crippen LogP contribution in [-0.2, 0) is 4.74 Å². The molecule has 0 amide bonds. The van der Waals surface area contributed by atoms with Gasteiger partial charge in [0.25, 0.3) is 0 Å². The summed E-state index contributed by atoms with van der Waals surface area (Å²) in [4.78, 5) is 0. The van der Waals surface area contributed by atoms with Gasteiger partial charge in [-0.25, -0.2) is 0 Å². The van der Waals surface area contributed by atoms with Gasteiger partial charge in [-0.2, -0.15) is 0 Å². The summed E-state index contributed by atoms with van der Waals surface area (Å²) in [5.41, 5.74) is 0.412. The molecule has 2 fully saturated rings. The van der Waals surface area contributed by atoms with Gasteiger partial charge in [-0.05, 0) is 23.8 Å². The fraction of sp³-hybridized carbons (Fsp3) is 1.00. The van der Waals surface area contributed by atoms with Gasteiger partial charge in [-0.15, -0.1) is 12.4 Å². The van der Waals surface area contributed by atoms with Gasteiger partial charge >= 0.3 is 0 Å². The topological polar surface area (TPSA) is 41.5 Å². The van der Waals surface area contributed by atoms with Crippen molar-refractivity contribution in [2.45, 2.75) is 26.2 Å². The zero-order valence-corrected chi connectivity index (χ0v) is 9.10. The molecule has 2 rings (SSSR count). The summed E-state index contributed by atoms with van der Waals surface area (Å²) in [6, 6.07) is 0.148. The van der Waals surface area contributed by atoms with E-state index in [-0.39, 0.29) is 18.4 Å². The standard InChI is InChI=1S/C9H17NO2.ClH/c1-9(2)5-4-10-7(6(5)9)8(11)12-3;/h5-8,10-11H,4H2,1-3H3;1H. The predicted molar refractivity (Wildman–Crippen MR) is 52.8 cm³/mol. The van der Waals surface area contributed by atoms with Gasteiger partial charge in [0.1, 0.15) is 0 Å². The van der Waals surface area contributed by atoms with E-state index in [1.165, 1.54) is 0 Å². The highest BCUT2D eigenvalue weighted by atomic mass is 35.5. The van der Waals surface area contributed by atoms with Crippen molar-refractivity contribution in [1.82, 2.24) is 5.32 Å². The van der Waals surface area contributed by atoms with Crippen molar-refractivity contribution in [2.75, 3.05) is 13.7 Å². The maximum absolute atomic E-state index is 9.50. The first-order valence-corrected chi connectivity index (χ1v) is 4.53.